The highest BCUT2D eigenvalue weighted by molar-refractivity contribution is 5.78. The van der Waals surface area contributed by atoms with E-state index in [1.165, 1.54) is 6.42 Å². The number of aromatic nitrogens is 1. The standard InChI is InChI=1S/C18H23NO/c1-12-9-13(2)11-15(10-12)18(20)17-8-7-14-5-3-4-6-16(14)19-17/h3-8,12-13,15,18,20H,9-11H2,1-2H3. The Balaban J connectivity index is 1.86. The monoisotopic (exact) mass is 269 g/mol. The van der Waals surface area contributed by atoms with Crippen molar-refractivity contribution in [3.05, 3.63) is 42.1 Å². The summed E-state index contributed by atoms with van der Waals surface area (Å²) in [5.41, 5.74) is 1.80. The summed E-state index contributed by atoms with van der Waals surface area (Å²) in [7, 11) is 0. The van der Waals surface area contributed by atoms with Crippen LogP contribution in [-0.2, 0) is 0 Å². The molecule has 20 heavy (non-hydrogen) atoms. The van der Waals surface area contributed by atoms with E-state index in [2.05, 4.69) is 31.0 Å². The topological polar surface area (TPSA) is 33.1 Å². The van der Waals surface area contributed by atoms with Crippen LogP contribution in [0.5, 0.6) is 0 Å². The van der Waals surface area contributed by atoms with Crippen LogP contribution in [-0.4, -0.2) is 10.1 Å². The first-order valence-corrected chi connectivity index (χ1v) is 7.67. The number of fused-ring (bicyclic) bond motifs is 1. The third-order valence-corrected chi connectivity index (χ3v) is 4.58. The molecule has 0 bridgehead atoms. The van der Waals surface area contributed by atoms with Gasteiger partial charge in [-0.3, -0.25) is 4.98 Å². The second kappa shape index (κ2) is 5.53. The SMILES string of the molecule is CC1CC(C)CC(C(O)c2ccc3ccccc3n2)C1. The van der Waals surface area contributed by atoms with Gasteiger partial charge in [0.2, 0.25) is 0 Å². The van der Waals surface area contributed by atoms with Crippen molar-refractivity contribution in [1.82, 2.24) is 4.98 Å². The van der Waals surface area contributed by atoms with Gasteiger partial charge in [0.25, 0.3) is 0 Å². The van der Waals surface area contributed by atoms with Crippen molar-refractivity contribution in [2.24, 2.45) is 17.8 Å². The Morgan fingerprint density at radius 2 is 1.70 bits per heavy atom. The van der Waals surface area contributed by atoms with Crippen molar-refractivity contribution in [3.63, 3.8) is 0 Å². The molecule has 0 aliphatic heterocycles. The molecule has 1 aromatic heterocycles. The zero-order chi connectivity index (χ0) is 14.1. The van der Waals surface area contributed by atoms with Gasteiger partial charge < -0.3 is 5.11 Å². The van der Waals surface area contributed by atoms with Crippen LogP contribution in [0.1, 0.15) is 44.9 Å². The Labute approximate surface area is 120 Å². The fourth-order valence-electron chi connectivity index (χ4n) is 3.76. The lowest BCUT2D eigenvalue weighted by Gasteiger charge is -2.34. The number of hydrogen-bond donors (Lipinski definition) is 1. The Bertz CT molecular complexity index is 585. The predicted octanol–water partition coefficient (Wildman–Crippen LogP) is 4.34. The summed E-state index contributed by atoms with van der Waals surface area (Å²) in [6, 6.07) is 12.1. The van der Waals surface area contributed by atoms with Gasteiger partial charge >= 0.3 is 0 Å². The highest BCUT2D eigenvalue weighted by atomic mass is 16.3. The number of para-hydroxylation sites is 1. The maximum absolute atomic E-state index is 10.7. The predicted molar refractivity (Wildman–Crippen MR) is 82.4 cm³/mol. The molecular formula is C18H23NO. The molecule has 3 atom stereocenters. The molecule has 1 fully saturated rings. The largest absolute Gasteiger partial charge is 0.387 e. The summed E-state index contributed by atoms with van der Waals surface area (Å²) in [6.45, 7) is 4.59. The molecule has 3 unspecified atom stereocenters. The highest BCUT2D eigenvalue weighted by Crippen LogP contribution is 2.39. The van der Waals surface area contributed by atoms with E-state index in [4.69, 9.17) is 0 Å². The Kier molecular flexibility index (Phi) is 3.75. The number of rotatable bonds is 2. The van der Waals surface area contributed by atoms with Crippen molar-refractivity contribution in [2.45, 2.75) is 39.2 Å². The zero-order valence-electron chi connectivity index (χ0n) is 12.3. The zero-order valence-corrected chi connectivity index (χ0v) is 12.3. The lowest BCUT2D eigenvalue weighted by atomic mass is 9.74. The fraction of sp³-hybridized carbons (Fsp3) is 0.500. The molecule has 1 N–H and O–H groups in total. The van der Waals surface area contributed by atoms with Gasteiger partial charge in [-0.1, -0.05) is 38.1 Å². The van der Waals surface area contributed by atoms with E-state index in [-0.39, 0.29) is 0 Å². The molecule has 1 heterocycles. The van der Waals surface area contributed by atoms with Gasteiger partial charge in [0, 0.05) is 5.39 Å². The van der Waals surface area contributed by atoms with Crippen LogP contribution < -0.4 is 0 Å². The van der Waals surface area contributed by atoms with Gasteiger partial charge in [-0.15, -0.1) is 0 Å². The fourth-order valence-corrected chi connectivity index (χ4v) is 3.76. The molecule has 0 saturated heterocycles. The molecule has 0 radical (unpaired) electrons. The minimum Gasteiger partial charge on any atom is -0.387 e. The molecule has 2 aromatic rings. The molecule has 1 saturated carbocycles. The Morgan fingerprint density at radius 3 is 2.45 bits per heavy atom. The lowest BCUT2D eigenvalue weighted by molar-refractivity contribution is 0.0524. The summed E-state index contributed by atoms with van der Waals surface area (Å²) in [4.78, 5) is 4.65. The van der Waals surface area contributed by atoms with E-state index in [9.17, 15) is 5.11 Å². The number of hydrogen-bond acceptors (Lipinski definition) is 2. The van der Waals surface area contributed by atoms with Crippen molar-refractivity contribution in [3.8, 4) is 0 Å². The molecule has 106 valence electrons. The first-order valence-electron chi connectivity index (χ1n) is 7.67. The number of aliphatic hydroxyl groups excluding tert-OH is 1. The summed E-state index contributed by atoms with van der Waals surface area (Å²) < 4.78 is 0. The van der Waals surface area contributed by atoms with Crippen LogP contribution >= 0.6 is 0 Å². The Hall–Kier alpha value is -1.41. The smallest absolute Gasteiger partial charge is 0.0988 e. The second-order valence-corrected chi connectivity index (χ2v) is 6.55. The van der Waals surface area contributed by atoms with Gasteiger partial charge in [-0.25, -0.2) is 0 Å². The van der Waals surface area contributed by atoms with Crippen LogP contribution in [0, 0.1) is 17.8 Å². The average molecular weight is 269 g/mol. The van der Waals surface area contributed by atoms with Crippen LogP contribution in [0.4, 0.5) is 0 Å². The molecule has 1 aromatic carbocycles. The second-order valence-electron chi connectivity index (χ2n) is 6.55. The summed E-state index contributed by atoms with van der Waals surface area (Å²) in [5.74, 6) is 1.76. The summed E-state index contributed by atoms with van der Waals surface area (Å²) in [6.07, 6.45) is 3.08. The molecular weight excluding hydrogens is 246 g/mol. The maximum atomic E-state index is 10.7. The highest BCUT2D eigenvalue weighted by Gasteiger charge is 2.30. The molecule has 3 rings (SSSR count). The van der Waals surface area contributed by atoms with Gasteiger partial charge in [-0.2, -0.15) is 0 Å². The van der Waals surface area contributed by atoms with E-state index in [0.717, 1.165) is 29.4 Å². The third kappa shape index (κ3) is 2.71. The average Bonchev–Trinajstić information content (AvgIpc) is 2.45. The van der Waals surface area contributed by atoms with Crippen LogP contribution in [0.2, 0.25) is 0 Å². The van der Waals surface area contributed by atoms with Crippen molar-refractivity contribution >= 4 is 10.9 Å². The molecule has 2 nitrogen and oxygen atoms in total. The van der Waals surface area contributed by atoms with E-state index >= 15 is 0 Å². The summed E-state index contributed by atoms with van der Waals surface area (Å²) >= 11 is 0. The first-order chi connectivity index (χ1) is 9.63. The number of aliphatic hydroxyl groups is 1. The van der Waals surface area contributed by atoms with Crippen molar-refractivity contribution in [2.75, 3.05) is 0 Å². The van der Waals surface area contributed by atoms with Gasteiger partial charge in [0.1, 0.15) is 0 Å². The number of benzene rings is 1. The van der Waals surface area contributed by atoms with Crippen LogP contribution in [0.15, 0.2) is 36.4 Å². The maximum Gasteiger partial charge on any atom is 0.0988 e. The molecule has 0 amide bonds. The lowest BCUT2D eigenvalue weighted by Crippen LogP contribution is -2.25. The Morgan fingerprint density at radius 1 is 1.00 bits per heavy atom. The molecule has 2 heteroatoms. The minimum absolute atomic E-state index is 0.349. The minimum atomic E-state index is -0.426. The third-order valence-electron chi connectivity index (χ3n) is 4.58. The molecule has 1 aliphatic rings. The first kappa shape index (κ1) is 13.6. The van der Waals surface area contributed by atoms with Gasteiger partial charge in [0.15, 0.2) is 0 Å². The molecule has 1 aliphatic carbocycles. The van der Waals surface area contributed by atoms with E-state index in [0.29, 0.717) is 17.8 Å². The van der Waals surface area contributed by atoms with Gasteiger partial charge in [0.05, 0.1) is 17.3 Å². The number of pyridine rings is 1. The van der Waals surface area contributed by atoms with E-state index < -0.39 is 6.10 Å². The summed E-state index contributed by atoms with van der Waals surface area (Å²) in [5, 5.41) is 11.8. The van der Waals surface area contributed by atoms with Crippen molar-refractivity contribution < 1.29 is 5.11 Å². The normalized spacial score (nSPS) is 28.4. The molecule has 0 spiro atoms. The number of nitrogens with zero attached hydrogens (tertiary/aromatic N) is 1. The van der Waals surface area contributed by atoms with Gasteiger partial charge in [-0.05, 0) is 49.1 Å². The van der Waals surface area contributed by atoms with E-state index in [1.807, 2.05) is 24.3 Å². The van der Waals surface area contributed by atoms with E-state index in [1.54, 1.807) is 0 Å². The van der Waals surface area contributed by atoms with Crippen molar-refractivity contribution in [1.29, 1.82) is 0 Å². The quantitative estimate of drug-likeness (QED) is 0.879. The van der Waals surface area contributed by atoms with Crippen LogP contribution in [0.25, 0.3) is 10.9 Å². The van der Waals surface area contributed by atoms with Crippen LogP contribution in [0.3, 0.4) is 0 Å².